The molecule has 1 aliphatic rings. The normalized spacial score (nSPS) is 21.6. The first-order valence-corrected chi connectivity index (χ1v) is 7.31. The molecule has 1 aromatic heterocycles. The summed E-state index contributed by atoms with van der Waals surface area (Å²) in [5, 5.41) is 1.16. The van der Waals surface area contributed by atoms with E-state index in [2.05, 4.69) is 29.8 Å². The molecule has 108 valence electrons. The first kappa shape index (κ1) is 13.6. The Kier molecular flexibility index (Phi) is 3.78. The molecule has 0 spiro atoms. The maximum absolute atomic E-state index is 6.03. The fraction of sp³-hybridized carbons (Fsp3) is 0.500. The smallest absolute Gasteiger partial charge is 0.134 e. The van der Waals surface area contributed by atoms with Crippen molar-refractivity contribution >= 4 is 11.0 Å². The number of fused-ring (bicyclic) bond motifs is 1. The minimum Gasteiger partial charge on any atom is -0.459 e. The summed E-state index contributed by atoms with van der Waals surface area (Å²) in [7, 11) is 2.18. The molecule has 0 bridgehead atoms. The number of hydrogen-bond acceptors (Lipinski definition) is 4. The first-order chi connectivity index (χ1) is 9.69. The molecule has 0 saturated carbocycles. The molecule has 1 aromatic carbocycles. The fourth-order valence-corrected chi connectivity index (χ4v) is 3.10. The predicted octanol–water partition coefficient (Wildman–Crippen LogP) is 2.03. The minimum atomic E-state index is 0.536. The molecular formula is C16H23N3O. The molecule has 4 nitrogen and oxygen atoms in total. The molecule has 2 heterocycles. The molecule has 20 heavy (non-hydrogen) atoms. The predicted molar refractivity (Wildman–Crippen MR) is 81.5 cm³/mol. The van der Waals surface area contributed by atoms with Gasteiger partial charge in [0.2, 0.25) is 0 Å². The number of furan rings is 1. The summed E-state index contributed by atoms with van der Waals surface area (Å²) in [6, 6.07) is 8.71. The average Bonchev–Trinajstić information content (AvgIpc) is 2.79. The van der Waals surface area contributed by atoms with Crippen molar-refractivity contribution in [1.29, 1.82) is 0 Å². The molecular weight excluding hydrogens is 250 g/mol. The van der Waals surface area contributed by atoms with Crippen LogP contribution in [0.2, 0.25) is 0 Å². The van der Waals surface area contributed by atoms with E-state index >= 15 is 0 Å². The van der Waals surface area contributed by atoms with Gasteiger partial charge in [0, 0.05) is 43.2 Å². The summed E-state index contributed by atoms with van der Waals surface area (Å²) in [5.74, 6) is 1.03. The van der Waals surface area contributed by atoms with Gasteiger partial charge in [-0.15, -0.1) is 0 Å². The second-order valence-corrected chi connectivity index (χ2v) is 5.79. The van der Waals surface area contributed by atoms with Gasteiger partial charge in [-0.1, -0.05) is 18.2 Å². The summed E-state index contributed by atoms with van der Waals surface area (Å²) >= 11 is 0. The van der Waals surface area contributed by atoms with E-state index in [1.807, 2.05) is 18.2 Å². The van der Waals surface area contributed by atoms with Crippen molar-refractivity contribution in [2.24, 2.45) is 5.73 Å². The van der Waals surface area contributed by atoms with Gasteiger partial charge in [-0.25, -0.2) is 0 Å². The maximum atomic E-state index is 6.03. The molecule has 0 radical (unpaired) electrons. The maximum Gasteiger partial charge on any atom is 0.134 e. The van der Waals surface area contributed by atoms with Gasteiger partial charge in [-0.05, 0) is 20.0 Å². The quantitative estimate of drug-likeness (QED) is 0.929. The van der Waals surface area contributed by atoms with E-state index in [1.54, 1.807) is 0 Å². The van der Waals surface area contributed by atoms with Crippen LogP contribution in [0.25, 0.3) is 11.0 Å². The monoisotopic (exact) mass is 273 g/mol. The summed E-state index contributed by atoms with van der Waals surface area (Å²) in [6.45, 7) is 6.98. The number of piperazine rings is 1. The van der Waals surface area contributed by atoms with Crippen LogP contribution in [0, 0.1) is 0 Å². The van der Waals surface area contributed by atoms with E-state index in [1.165, 1.54) is 0 Å². The molecule has 1 atom stereocenters. The Hall–Kier alpha value is -1.36. The zero-order valence-corrected chi connectivity index (χ0v) is 12.3. The molecule has 2 N–H and O–H groups in total. The summed E-state index contributed by atoms with van der Waals surface area (Å²) in [6.07, 6.45) is 0. The van der Waals surface area contributed by atoms with Crippen LogP contribution in [0.3, 0.4) is 0 Å². The van der Waals surface area contributed by atoms with E-state index in [4.69, 9.17) is 10.2 Å². The zero-order chi connectivity index (χ0) is 14.1. The van der Waals surface area contributed by atoms with Crippen molar-refractivity contribution in [2.45, 2.75) is 26.1 Å². The lowest BCUT2D eigenvalue weighted by atomic mass is 10.1. The highest BCUT2D eigenvalue weighted by molar-refractivity contribution is 5.82. The number of hydrogen-bond donors (Lipinski definition) is 1. The number of nitrogens with two attached hydrogens (primary N) is 1. The van der Waals surface area contributed by atoms with Gasteiger partial charge in [-0.3, -0.25) is 4.90 Å². The van der Waals surface area contributed by atoms with Crippen LogP contribution < -0.4 is 5.73 Å². The van der Waals surface area contributed by atoms with E-state index < -0.39 is 0 Å². The number of nitrogens with zero attached hydrogens (tertiary/aromatic N) is 2. The van der Waals surface area contributed by atoms with Crippen LogP contribution in [0.5, 0.6) is 0 Å². The SMILES string of the molecule is CC1CN(C)CCN1Cc1oc2ccccc2c1CN. The van der Waals surface area contributed by atoms with Gasteiger partial charge < -0.3 is 15.1 Å². The second kappa shape index (κ2) is 5.56. The first-order valence-electron chi connectivity index (χ1n) is 7.31. The lowest BCUT2D eigenvalue weighted by Gasteiger charge is -2.37. The topological polar surface area (TPSA) is 45.6 Å². The molecule has 1 saturated heterocycles. The molecule has 1 unspecified atom stereocenters. The van der Waals surface area contributed by atoms with Crippen LogP contribution in [0.1, 0.15) is 18.2 Å². The third-order valence-electron chi connectivity index (χ3n) is 4.30. The zero-order valence-electron chi connectivity index (χ0n) is 12.3. The lowest BCUT2D eigenvalue weighted by molar-refractivity contribution is 0.0877. The third kappa shape index (κ3) is 2.46. The fourth-order valence-electron chi connectivity index (χ4n) is 3.10. The van der Waals surface area contributed by atoms with Gasteiger partial charge in [0.25, 0.3) is 0 Å². The van der Waals surface area contributed by atoms with Gasteiger partial charge in [0.15, 0.2) is 0 Å². The van der Waals surface area contributed by atoms with Crippen LogP contribution in [0.15, 0.2) is 28.7 Å². The molecule has 0 amide bonds. The summed E-state index contributed by atoms with van der Waals surface area (Å²) in [4.78, 5) is 4.86. The minimum absolute atomic E-state index is 0.536. The van der Waals surface area contributed by atoms with E-state index in [0.29, 0.717) is 12.6 Å². The van der Waals surface area contributed by atoms with Crippen molar-refractivity contribution in [3.05, 3.63) is 35.6 Å². The van der Waals surface area contributed by atoms with Gasteiger partial charge in [0.05, 0.1) is 6.54 Å². The molecule has 1 aliphatic heterocycles. The second-order valence-electron chi connectivity index (χ2n) is 5.79. The van der Waals surface area contributed by atoms with E-state index in [0.717, 1.165) is 48.5 Å². The summed E-state index contributed by atoms with van der Waals surface area (Å²) < 4.78 is 6.03. The largest absolute Gasteiger partial charge is 0.459 e. The number of benzene rings is 1. The molecule has 0 aliphatic carbocycles. The molecule has 1 fully saturated rings. The Morgan fingerprint density at radius 1 is 1.30 bits per heavy atom. The van der Waals surface area contributed by atoms with Gasteiger partial charge in [0.1, 0.15) is 11.3 Å². The standard InChI is InChI=1S/C16H23N3O/c1-12-10-18(2)7-8-19(12)11-16-14(9-17)13-5-3-4-6-15(13)20-16/h3-6,12H,7-11,17H2,1-2H3. The highest BCUT2D eigenvalue weighted by Crippen LogP contribution is 2.27. The van der Waals surface area contributed by atoms with Crippen molar-refractivity contribution in [2.75, 3.05) is 26.7 Å². The Bertz CT molecular complexity index is 592. The molecule has 2 aromatic rings. The molecule has 3 rings (SSSR count). The van der Waals surface area contributed by atoms with Crippen LogP contribution in [0.4, 0.5) is 0 Å². The average molecular weight is 273 g/mol. The Morgan fingerprint density at radius 3 is 2.85 bits per heavy atom. The van der Waals surface area contributed by atoms with Gasteiger partial charge in [-0.2, -0.15) is 0 Å². The Morgan fingerprint density at radius 2 is 2.10 bits per heavy atom. The lowest BCUT2D eigenvalue weighted by Crippen LogP contribution is -2.49. The highest BCUT2D eigenvalue weighted by atomic mass is 16.3. The van der Waals surface area contributed by atoms with Crippen molar-refractivity contribution in [3.8, 4) is 0 Å². The number of likely N-dealkylation sites (N-methyl/N-ethyl adjacent to an activating group) is 1. The van der Waals surface area contributed by atoms with E-state index in [9.17, 15) is 0 Å². The van der Waals surface area contributed by atoms with Crippen molar-refractivity contribution in [1.82, 2.24) is 9.80 Å². The summed E-state index contributed by atoms with van der Waals surface area (Å²) in [5.41, 5.74) is 8.04. The Balaban J connectivity index is 1.87. The number of para-hydroxylation sites is 1. The van der Waals surface area contributed by atoms with Crippen LogP contribution in [-0.2, 0) is 13.1 Å². The van der Waals surface area contributed by atoms with Crippen LogP contribution in [-0.4, -0.2) is 42.5 Å². The van der Waals surface area contributed by atoms with E-state index in [-0.39, 0.29) is 0 Å². The van der Waals surface area contributed by atoms with Gasteiger partial charge >= 0.3 is 0 Å². The molecule has 4 heteroatoms. The van der Waals surface area contributed by atoms with Crippen molar-refractivity contribution in [3.63, 3.8) is 0 Å². The van der Waals surface area contributed by atoms with Crippen LogP contribution >= 0.6 is 0 Å². The third-order valence-corrected chi connectivity index (χ3v) is 4.30. The number of rotatable bonds is 3. The van der Waals surface area contributed by atoms with Crippen molar-refractivity contribution < 1.29 is 4.42 Å². The Labute approximate surface area is 120 Å². The highest BCUT2D eigenvalue weighted by Gasteiger charge is 2.24.